The second-order valence-corrected chi connectivity index (χ2v) is 7.08. The molecule has 1 aliphatic rings. The average molecular weight is 397 g/mol. The predicted octanol–water partition coefficient (Wildman–Crippen LogP) is 6.52. The molecule has 0 amide bonds. The fourth-order valence-electron chi connectivity index (χ4n) is 3.86. The lowest BCUT2D eigenvalue weighted by molar-refractivity contribution is 0.476. The summed E-state index contributed by atoms with van der Waals surface area (Å²) in [4.78, 5) is 3.82. The lowest BCUT2D eigenvalue weighted by Crippen LogP contribution is -2.17. The van der Waals surface area contributed by atoms with Crippen LogP contribution in [0.4, 0.5) is 38.5 Å². The standard InChI is InChI=1S/C25H20FN3O/c26-21-12-7-13-22-25(21)28(17-27-22)23-15-14-20(16-24(23)30)29(18-8-3-1-4-9-18)19-10-5-2-6-11-19/h1-16,27,30H,17H2. The molecule has 0 aromatic heterocycles. The Kier molecular flexibility index (Phi) is 4.48. The summed E-state index contributed by atoms with van der Waals surface area (Å²) < 4.78 is 14.4. The van der Waals surface area contributed by atoms with E-state index in [1.807, 2.05) is 78.9 Å². The van der Waals surface area contributed by atoms with E-state index in [0.29, 0.717) is 23.7 Å². The van der Waals surface area contributed by atoms with Gasteiger partial charge in [0.1, 0.15) is 17.3 Å². The summed E-state index contributed by atoms with van der Waals surface area (Å²) >= 11 is 0. The molecule has 4 aromatic carbocycles. The molecule has 0 unspecified atom stereocenters. The van der Waals surface area contributed by atoms with Crippen molar-refractivity contribution >= 4 is 34.1 Å². The van der Waals surface area contributed by atoms with E-state index in [0.717, 1.165) is 17.1 Å². The van der Waals surface area contributed by atoms with Crippen molar-refractivity contribution in [3.8, 4) is 5.75 Å². The highest BCUT2D eigenvalue weighted by Gasteiger charge is 2.26. The predicted molar refractivity (Wildman–Crippen MR) is 120 cm³/mol. The SMILES string of the molecule is Oc1cc(N(c2ccccc2)c2ccccc2)ccc1N1CNc2cccc(F)c21. The Balaban J connectivity index is 1.57. The smallest absolute Gasteiger partial charge is 0.149 e. The first-order valence-corrected chi connectivity index (χ1v) is 9.75. The average Bonchev–Trinajstić information content (AvgIpc) is 3.21. The van der Waals surface area contributed by atoms with Gasteiger partial charge in [0.25, 0.3) is 0 Å². The molecule has 0 fully saturated rings. The largest absolute Gasteiger partial charge is 0.506 e. The van der Waals surface area contributed by atoms with Crippen LogP contribution in [0.1, 0.15) is 0 Å². The number of nitrogens with zero attached hydrogens (tertiary/aromatic N) is 2. The van der Waals surface area contributed by atoms with Crippen LogP contribution in [0.2, 0.25) is 0 Å². The molecule has 30 heavy (non-hydrogen) atoms. The molecule has 4 aromatic rings. The van der Waals surface area contributed by atoms with Crippen LogP contribution in [-0.4, -0.2) is 11.8 Å². The molecule has 0 spiro atoms. The lowest BCUT2D eigenvalue weighted by Gasteiger charge is -2.27. The van der Waals surface area contributed by atoms with Gasteiger partial charge in [-0.2, -0.15) is 0 Å². The van der Waals surface area contributed by atoms with Gasteiger partial charge in [0.2, 0.25) is 0 Å². The van der Waals surface area contributed by atoms with Gasteiger partial charge in [-0.25, -0.2) is 4.39 Å². The van der Waals surface area contributed by atoms with Crippen LogP contribution in [0, 0.1) is 5.82 Å². The first-order chi connectivity index (χ1) is 14.7. The van der Waals surface area contributed by atoms with Gasteiger partial charge in [0, 0.05) is 23.1 Å². The molecular weight excluding hydrogens is 377 g/mol. The second kappa shape index (κ2) is 7.44. The summed E-state index contributed by atoms with van der Waals surface area (Å²) in [6.07, 6.45) is 0. The minimum atomic E-state index is -0.323. The molecule has 5 rings (SSSR count). The maximum absolute atomic E-state index is 14.4. The molecule has 0 saturated heterocycles. The van der Waals surface area contributed by atoms with Crippen LogP contribution < -0.4 is 15.1 Å². The van der Waals surface area contributed by atoms with Crippen LogP contribution in [-0.2, 0) is 0 Å². The molecular formula is C25H20FN3O. The molecule has 0 saturated carbocycles. The number of phenolic OH excluding ortho intramolecular Hbond substituents is 1. The van der Waals surface area contributed by atoms with Crippen LogP contribution in [0.15, 0.2) is 97.1 Å². The molecule has 148 valence electrons. The van der Waals surface area contributed by atoms with Gasteiger partial charge in [-0.3, -0.25) is 0 Å². The van der Waals surface area contributed by atoms with Gasteiger partial charge in [-0.05, 0) is 48.5 Å². The van der Waals surface area contributed by atoms with E-state index in [9.17, 15) is 9.50 Å². The van der Waals surface area contributed by atoms with Crippen molar-refractivity contribution in [1.82, 2.24) is 0 Å². The lowest BCUT2D eigenvalue weighted by atomic mass is 10.1. The molecule has 4 nitrogen and oxygen atoms in total. The van der Waals surface area contributed by atoms with E-state index in [1.54, 1.807) is 17.0 Å². The Morgan fingerprint density at radius 1 is 0.767 bits per heavy atom. The number of benzene rings is 4. The van der Waals surface area contributed by atoms with Crippen molar-refractivity contribution < 1.29 is 9.50 Å². The van der Waals surface area contributed by atoms with Crippen LogP contribution in [0.3, 0.4) is 0 Å². The third kappa shape index (κ3) is 3.10. The number of nitrogens with one attached hydrogen (secondary N) is 1. The second-order valence-electron chi connectivity index (χ2n) is 7.08. The minimum absolute atomic E-state index is 0.0854. The summed E-state index contributed by atoms with van der Waals surface area (Å²) in [6.45, 7) is 0.393. The fraction of sp³-hybridized carbons (Fsp3) is 0.0400. The Hall–Kier alpha value is -3.99. The highest BCUT2D eigenvalue weighted by Crippen LogP contribution is 2.44. The van der Waals surface area contributed by atoms with E-state index < -0.39 is 0 Å². The molecule has 1 heterocycles. The van der Waals surface area contributed by atoms with Gasteiger partial charge in [-0.1, -0.05) is 42.5 Å². The van der Waals surface area contributed by atoms with Crippen LogP contribution in [0.25, 0.3) is 0 Å². The highest BCUT2D eigenvalue weighted by atomic mass is 19.1. The number of phenols is 1. The zero-order valence-corrected chi connectivity index (χ0v) is 16.2. The maximum Gasteiger partial charge on any atom is 0.149 e. The number of hydrogen-bond acceptors (Lipinski definition) is 4. The van der Waals surface area contributed by atoms with E-state index in [-0.39, 0.29) is 11.6 Å². The van der Waals surface area contributed by atoms with Gasteiger partial charge in [0.15, 0.2) is 0 Å². The first kappa shape index (κ1) is 18.1. The molecule has 1 aliphatic heterocycles. The zero-order valence-electron chi connectivity index (χ0n) is 16.2. The van der Waals surface area contributed by atoms with Gasteiger partial charge in [0.05, 0.1) is 18.0 Å². The maximum atomic E-state index is 14.4. The van der Waals surface area contributed by atoms with Crippen LogP contribution in [0.5, 0.6) is 5.75 Å². The van der Waals surface area contributed by atoms with Crippen LogP contribution >= 0.6 is 0 Å². The summed E-state index contributed by atoms with van der Waals surface area (Å²) in [7, 11) is 0. The Labute approximate surface area is 174 Å². The number of fused-ring (bicyclic) bond motifs is 1. The van der Waals surface area contributed by atoms with Crippen molar-refractivity contribution in [3.63, 3.8) is 0 Å². The van der Waals surface area contributed by atoms with E-state index in [4.69, 9.17) is 0 Å². The number of aromatic hydroxyl groups is 1. The third-order valence-electron chi connectivity index (χ3n) is 5.22. The molecule has 0 atom stereocenters. The molecule has 5 heteroatoms. The van der Waals surface area contributed by atoms with Crippen molar-refractivity contribution in [3.05, 3.63) is 103 Å². The highest BCUT2D eigenvalue weighted by molar-refractivity contribution is 5.86. The number of anilines is 6. The minimum Gasteiger partial charge on any atom is -0.506 e. The summed E-state index contributed by atoms with van der Waals surface area (Å²) in [5, 5.41) is 14.1. The van der Waals surface area contributed by atoms with Crippen molar-refractivity contribution in [2.45, 2.75) is 0 Å². The molecule has 0 aliphatic carbocycles. The number of halogens is 1. The third-order valence-corrected chi connectivity index (χ3v) is 5.22. The Bertz CT molecular complexity index is 1140. The molecule has 0 bridgehead atoms. The van der Waals surface area contributed by atoms with Gasteiger partial charge >= 0.3 is 0 Å². The molecule has 2 N–H and O–H groups in total. The monoisotopic (exact) mass is 397 g/mol. The van der Waals surface area contributed by atoms with Gasteiger partial charge in [-0.15, -0.1) is 0 Å². The molecule has 0 radical (unpaired) electrons. The van der Waals surface area contributed by atoms with Crippen molar-refractivity contribution in [2.24, 2.45) is 0 Å². The summed E-state index contributed by atoms with van der Waals surface area (Å²) in [6, 6.07) is 30.4. The topological polar surface area (TPSA) is 38.7 Å². The number of rotatable bonds is 4. The summed E-state index contributed by atoms with van der Waals surface area (Å²) in [5.74, 6) is -0.238. The summed E-state index contributed by atoms with van der Waals surface area (Å²) in [5.41, 5.74) is 4.49. The fourth-order valence-corrected chi connectivity index (χ4v) is 3.86. The normalized spacial score (nSPS) is 12.4. The van der Waals surface area contributed by atoms with E-state index in [1.165, 1.54) is 6.07 Å². The Morgan fingerprint density at radius 2 is 1.43 bits per heavy atom. The van der Waals surface area contributed by atoms with E-state index >= 15 is 0 Å². The zero-order chi connectivity index (χ0) is 20.5. The quantitative estimate of drug-likeness (QED) is 0.411. The number of para-hydroxylation sites is 3. The number of hydrogen-bond donors (Lipinski definition) is 2. The first-order valence-electron chi connectivity index (χ1n) is 9.75. The van der Waals surface area contributed by atoms with Gasteiger partial charge < -0.3 is 20.2 Å². The Morgan fingerprint density at radius 3 is 2.07 bits per heavy atom. The van der Waals surface area contributed by atoms with E-state index in [2.05, 4.69) is 10.2 Å². The van der Waals surface area contributed by atoms with Crippen molar-refractivity contribution in [2.75, 3.05) is 21.8 Å². The van der Waals surface area contributed by atoms with Crippen molar-refractivity contribution in [1.29, 1.82) is 0 Å².